The SMILES string of the molecule is c1ccc(-c2ccc(-c3nc(-c4ccccc4)nc(-c4ccc5c(c4)oc4c(-n6c7ccccc7c7cc(-c8ccccc8)ccc76)cccc45)n3)cc2)cc1. The van der Waals surface area contributed by atoms with Crippen LogP contribution >= 0.6 is 0 Å². The van der Waals surface area contributed by atoms with E-state index < -0.39 is 0 Å². The highest BCUT2D eigenvalue weighted by Crippen LogP contribution is 2.40. The van der Waals surface area contributed by atoms with E-state index in [-0.39, 0.29) is 0 Å². The van der Waals surface area contributed by atoms with E-state index in [2.05, 4.69) is 162 Å². The predicted molar refractivity (Wildman–Crippen MR) is 229 cm³/mol. The molecule has 0 aliphatic carbocycles. The molecule has 0 fully saturated rings. The minimum atomic E-state index is 0.584. The summed E-state index contributed by atoms with van der Waals surface area (Å²) in [4.78, 5) is 15.0. The van der Waals surface area contributed by atoms with Gasteiger partial charge >= 0.3 is 0 Å². The number of para-hydroxylation sites is 2. The molecule has 0 aliphatic rings. The number of furan rings is 1. The molecule has 11 aromatic rings. The summed E-state index contributed by atoms with van der Waals surface area (Å²) in [6, 6.07) is 67.4. The average Bonchev–Trinajstić information content (AvgIpc) is 3.82. The summed E-state index contributed by atoms with van der Waals surface area (Å²) < 4.78 is 9.19. The Kier molecular flexibility index (Phi) is 7.42. The van der Waals surface area contributed by atoms with Gasteiger partial charge in [0, 0.05) is 38.2 Å². The smallest absolute Gasteiger partial charge is 0.164 e. The van der Waals surface area contributed by atoms with Crippen LogP contribution in [0.5, 0.6) is 0 Å². The summed E-state index contributed by atoms with van der Waals surface area (Å²) in [6.45, 7) is 0. The van der Waals surface area contributed by atoms with Gasteiger partial charge in [0.25, 0.3) is 0 Å². The molecular weight excluding hydrogens is 685 g/mol. The molecule has 5 nitrogen and oxygen atoms in total. The van der Waals surface area contributed by atoms with Crippen LogP contribution in [0, 0.1) is 0 Å². The highest BCUT2D eigenvalue weighted by atomic mass is 16.3. The number of aromatic nitrogens is 4. The second kappa shape index (κ2) is 13.0. The number of benzene rings is 8. The maximum Gasteiger partial charge on any atom is 0.164 e. The van der Waals surface area contributed by atoms with Gasteiger partial charge in [-0.15, -0.1) is 0 Å². The third kappa shape index (κ3) is 5.37. The fourth-order valence-electron chi connectivity index (χ4n) is 7.93. The first-order valence-corrected chi connectivity index (χ1v) is 18.8. The highest BCUT2D eigenvalue weighted by molar-refractivity contribution is 6.13. The molecule has 0 bridgehead atoms. The van der Waals surface area contributed by atoms with Crippen molar-refractivity contribution < 1.29 is 4.42 Å². The quantitative estimate of drug-likeness (QED) is 0.172. The zero-order valence-electron chi connectivity index (χ0n) is 30.2. The van der Waals surface area contributed by atoms with Crippen molar-refractivity contribution >= 4 is 43.7 Å². The lowest BCUT2D eigenvalue weighted by molar-refractivity contribution is 0.666. The number of nitrogens with zero attached hydrogens (tertiary/aromatic N) is 4. The molecule has 56 heavy (non-hydrogen) atoms. The Balaban J connectivity index is 1.05. The molecule has 0 spiro atoms. The summed E-state index contributed by atoms with van der Waals surface area (Å²) in [7, 11) is 0. The Hall–Kier alpha value is -7.63. The van der Waals surface area contributed by atoms with E-state index in [0.29, 0.717) is 17.5 Å². The van der Waals surface area contributed by atoms with Crippen molar-refractivity contribution in [2.45, 2.75) is 0 Å². The van der Waals surface area contributed by atoms with Crippen LogP contribution in [0.15, 0.2) is 199 Å². The minimum absolute atomic E-state index is 0.584. The molecule has 8 aromatic carbocycles. The maximum absolute atomic E-state index is 6.85. The lowest BCUT2D eigenvalue weighted by Crippen LogP contribution is -2.00. The topological polar surface area (TPSA) is 56.7 Å². The molecule has 0 unspecified atom stereocenters. The largest absolute Gasteiger partial charge is 0.454 e. The Morgan fingerprint density at radius 3 is 1.54 bits per heavy atom. The van der Waals surface area contributed by atoms with Crippen LogP contribution in [0.3, 0.4) is 0 Å². The first kappa shape index (κ1) is 31.9. The molecule has 3 heterocycles. The number of rotatable bonds is 6. The summed E-state index contributed by atoms with van der Waals surface area (Å²) in [6.07, 6.45) is 0. The summed E-state index contributed by atoms with van der Waals surface area (Å²) in [5, 5.41) is 4.49. The van der Waals surface area contributed by atoms with Crippen LogP contribution in [-0.2, 0) is 0 Å². The van der Waals surface area contributed by atoms with E-state index in [1.54, 1.807) is 0 Å². The molecule has 0 N–H and O–H groups in total. The normalized spacial score (nSPS) is 11.6. The molecule has 3 aromatic heterocycles. The van der Waals surface area contributed by atoms with Crippen molar-refractivity contribution in [1.82, 2.24) is 19.5 Å². The monoisotopic (exact) mass is 716 g/mol. The Morgan fingerprint density at radius 2 is 0.821 bits per heavy atom. The van der Waals surface area contributed by atoms with Gasteiger partial charge in [-0.3, -0.25) is 0 Å². The van der Waals surface area contributed by atoms with Gasteiger partial charge < -0.3 is 8.98 Å². The van der Waals surface area contributed by atoms with Crippen molar-refractivity contribution in [3.8, 4) is 62.1 Å². The van der Waals surface area contributed by atoms with Crippen molar-refractivity contribution in [2.24, 2.45) is 0 Å². The fraction of sp³-hybridized carbons (Fsp3) is 0. The first-order valence-electron chi connectivity index (χ1n) is 18.8. The standard InChI is InChI=1S/C51H32N4O/c1-4-13-33(14-5-1)35-23-25-37(26-24-35)50-52-49(36-17-8-3-9-18-36)53-51(54-50)39-27-29-41-42-20-12-22-46(48(42)56-47(41)32-39)55-44-21-11-10-19-40(44)43-31-38(28-30-45(43)55)34-15-6-2-7-16-34/h1-32H. The molecule has 11 rings (SSSR count). The molecule has 0 saturated heterocycles. The van der Waals surface area contributed by atoms with Crippen molar-refractivity contribution in [3.05, 3.63) is 194 Å². The second-order valence-corrected chi connectivity index (χ2v) is 14.0. The van der Waals surface area contributed by atoms with E-state index >= 15 is 0 Å². The summed E-state index contributed by atoms with van der Waals surface area (Å²) in [5.41, 5.74) is 12.2. The van der Waals surface area contributed by atoms with Crippen molar-refractivity contribution in [3.63, 3.8) is 0 Å². The second-order valence-electron chi connectivity index (χ2n) is 14.0. The van der Waals surface area contributed by atoms with Gasteiger partial charge in [0.2, 0.25) is 0 Å². The van der Waals surface area contributed by atoms with Gasteiger partial charge in [-0.05, 0) is 58.7 Å². The molecule has 0 amide bonds. The zero-order chi connectivity index (χ0) is 37.0. The maximum atomic E-state index is 6.85. The number of hydrogen-bond acceptors (Lipinski definition) is 4. The van der Waals surface area contributed by atoms with Crippen molar-refractivity contribution in [1.29, 1.82) is 0 Å². The molecule has 0 atom stereocenters. The van der Waals surface area contributed by atoms with Crippen LogP contribution in [0.4, 0.5) is 0 Å². The minimum Gasteiger partial charge on any atom is -0.454 e. The third-order valence-corrected chi connectivity index (χ3v) is 10.7. The Labute approximate surface area is 322 Å². The summed E-state index contributed by atoms with van der Waals surface area (Å²) in [5.74, 6) is 1.81. The summed E-state index contributed by atoms with van der Waals surface area (Å²) >= 11 is 0. The van der Waals surface area contributed by atoms with E-state index in [0.717, 1.165) is 66.5 Å². The van der Waals surface area contributed by atoms with E-state index in [1.165, 1.54) is 21.9 Å². The average molecular weight is 717 g/mol. The molecule has 5 heteroatoms. The van der Waals surface area contributed by atoms with Gasteiger partial charge in [0.15, 0.2) is 23.1 Å². The Bertz CT molecular complexity index is 3220. The van der Waals surface area contributed by atoms with Gasteiger partial charge in [0.05, 0.1) is 16.7 Å². The molecule has 0 radical (unpaired) electrons. The predicted octanol–water partition coefficient (Wildman–Crippen LogP) is 13.2. The van der Waals surface area contributed by atoms with Gasteiger partial charge in [-0.25, -0.2) is 15.0 Å². The van der Waals surface area contributed by atoms with Crippen LogP contribution in [0.1, 0.15) is 0 Å². The van der Waals surface area contributed by atoms with E-state index in [1.807, 2.05) is 36.4 Å². The van der Waals surface area contributed by atoms with Gasteiger partial charge in [-0.1, -0.05) is 158 Å². The molecule has 0 saturated carbocycles. The van der Waals surface area contributed by atoms with Gasteiger partial charge in [-0.2, -0.15) is 0 Å². The molecular formula is C51H32N4O. The molecule has 0 aliphatic heterocycles. The lowest BCUT2D eigenvalue weighted by Gasteiger charge is -2.09. The van der Waals surface area contributed by atoms with E-state index in [4.69, 9.17) is 19.4 Å². The number of fused-ring (bicyclic) bond motifs is 6. The zero-order valence-corrected chi connectivity index (χ0v) is 30.2. The van der Waals surface area contributed by atoms with Crippen LogP contribution in [0.25, 0.3) is 106 Å². The number of hydrogen-bond donors (Lipinski definition) is 0. The third-order valence-electron chi connectivity index (χ3n) is 10.7. The van der Waals surface area contributed by atoms with Crippen molar-refractivity contribution in [2.75, 3.05) is 0 Å². The van der Waals surface area contributed by atoms with E-state index in [9.17, 15) is 0 Å². The van der Waals surface area contributed by atoms with Crippen LogP contribution in [-0.4, -0.2) is 19.5 Å². The van der Waals surface area contributed by atoms with Crippen LogP contribution < -0.4 is 0 Å². The van der Waals surface area contributed by atoms with Gasteiger partial charge in [0.1, 0.15) is 5.58 Å². The van der Waals surface area contributed by atoms with Crippen LogP contribution in [0.2, 0.25) is 0 Å². The first-order chi connectivity index (χ1) is 27.7. The fourth-order valence-corrected chi connectivity index (χ4v) is 7.93. The molecule has 262 valence electrons. The lowest BCUT2D eigenvalue weighted by atomic mass is 10.0. The highest BCUT2D eigenvalue weighted by Gasteiger charge is 2.19. The Morgan fingerprint density at radius 1 is 0.321 bits per heavy atom.